The molecule has 8 heteroatoms. The number of amides is 2. The molecule has 0 saturated carbocycles. The third-order valence-electron chi connectivity index (χ3n) is 3.61. The molecule has 0 bridgehead atoms. The Balaban J connectivity index is 2.19. The maximum absolute atomic E-state index is 12.4. The van der Waals surface area contributed by atoms with E-state index in [4.69, 9.17) is 11.6 Å². The molecule has 0 spiro atoms. The van der Waals surface area contributed by atoms with Gasteiger partial charge in [-0.25, -0.2) is 8.42 Å². The average Bonchev–Trinajstić information content (AvgIpc) is 2.55. The van der Waals surface area contributed by atoms with E-state index >= 15 is 0 Å². The van der Waals surface area contributed by atoms with Crippen molar-refractivity contribution in [3.63, 3.8) is 0 Å². The molecule has 0 aliphatic carbocycles. The van der Waals surface area contributed by atoms with Gasteiger partial charge in [0.2, 0.25) is 11.8 Å². The van der Waals surface area contributed by atoms with E-state index in [1.165, 1.54) is 25.1 Å². The van der Waals surface area contributed by atoms with Gasteiger partial charge in [-0.3, -0.25) is 9.59 Å². The van der Waals surface area contributed by atoms with Crippen LogP contribution in [0.3, 0.4) is 0 Å². The minimum atomic E-state index is -3.43. The van der Waals surface area contributed by atoms with E-state index in [0.29, 0.717) is 0 Å². The fourth-order valence-electron chi connectivity index (χ4n) is 2.40. The van der Waals surface area contributed by atoms with Gasteiger partial charge in [0.15, 0.2) is 9.84 Å². The van der Waals surface area contributed by atoms with Gasteiger partial charge in [-0.1, -0.05) is 41.9 Å². The fraction of sp³-hybridized carbons (Fsp3) is 0.222. The first-order valence-electron chi connectivity index (χ1n) is 7.78. The number of halogens is 1. The van der Waals surface area contributed by atoms with Crippen molar-refractivity contribution in [2.45, 2.75) is 24.3 Å². The predicted octanol–water partition coefficient (Wildman–Crippen LogP) is 2.95. The number of rotatable bonds is 6. The lowest BCUT2D eigenvalue weighted by Crippen LogP contribution is -2.29. The van der Waals surface area contributed by atoms with E-state index in [2.05, 4.69) is 10.6 Å². The average molecular weight is 395 g/mol. The first-order chi connectivity index (χ1) is 12.2. The van der Waals surface area contributed by atoms with Gasteiger partial charge in [-0.15, -0.1) is 0 Å². The van der Waals surface area contributed by atoms with Crippen molar-refractivity contribution in [3.05, 3.63) is 59.1 Å². The summed E-state index contributed by atoms with van der Waals surface area (Å²) in [6, 6.07) is 12.7. The Hall–Kier alpha value is -2.38. The molecule has 2 N–H and O–H groups in total. The topological polar surface area (TPSA) is 92.3 Å². The van der Waals surface area contributed by atoms with Gasteiger partial charge in [0.1, 0.15) is 0 Å². The van der Waals surface area contributed by atoms with E-state index in [1.807, 2.05) is 30.3 Å². The smallest absolute Gasteiger partial charge is 0.226 e. The van der Waals surface area contributed by atoms with Crippen LogP contribution in [0, 0.1) is 0 Å². The molecule has 0 aromatic heterocycles. The molecule has 138 valence electrons. The number of carbonyl (C=O) groups is 2. The third kappa shape index (κ3) is 5.57. The Kier molecular flexibility index (Phi) is 6.39. The number of nitrogens with one attached hydrogen (secondary N) is 2. The van der Waals surface area contributed by atoms with Crippen molar-refractivity contribution in [1.29, 1.82) is 0 Å². The van der Waals surface area contributed by atoms with Crippen molar-refractivity contribution in [1.82, 2.24) is 5.32 Å². The highest BCUT2D eigenvalue weighted by Crippen LogP contribution is 2.26. The Morgan fingerprint density at radius 3 is 2.35 bits per heavy atom. The molecule has 2 rings (SSSR count). The van der Waals surface area contributed by atoms with E-state index < -0.39 is 21.8 Å². The molecule has 1 atom stereocenters. The zero-order valence-electron chi connectivity index (χ0n) is 14.3. The number of sulfone groups is 1. The van der Waals surface area contributed by atoms with Crippen LogP contribution in [0.5, 0.6) is 0 Å². The zero-order chi connectivity index (χ0) is 19.3. The number of carbonyl (C=O) groups excluding carboxylic acids is 2. The van der Waals surface area contributed by atoms with Crippen LogP contribution in [0.1, 0.15) is 24.9 Å². The summed E-state index contributed by atoms with van der Waals surface area (Å²) in [5.41, 5.74) is 0.989. The van der Waals surface area contributed by atoms with Crippen molar-refractivity contribution in [2.75, 3.05) is 11.6 Å². The maximum atomic E-state index is 12.4. The number of hydrogen-bond donors (Lipinski definition) is 2. The minimum Gasteiger partial charge on any atom is -0.349 e. The van der Waals surface area contributed by atoms with Crippen LogP contribution in [0.2, 0.25) is 5.02 Å². The van der Waals surface area contributed by atoms with Gasteiger partial charge in [0, 0.05) is 13.2 Å². The second kappa shape index (κ2) is 8.33. The minimum absolute atomic E-state index is 0.0248. The monoisotopic (exact) mass is 394 g/mol. The Morgan fingerprint density at radius 2 is 1.77 bits per heavy atom. The normalized spacial score (nSPS) is 12.3. The Labute approximate surface area is 157 Å². The summed E-state index contributed by atoms with van der Waals surface area (Å²) in [6.07, 6.45) is 1.05. The summed E-state index contributed by atoms with van der Waals surface area (Å²) < 4.78 is 23.3. The number of hydrogen-bond acceptors (Lipinski definition) is 4. The van der Waals surface area contributed by atoms with E-state index in [1.54, 1.807) is 0 Å². The zero-order valence-corrected chi connectivity index (χ0v) is 15.9. The van der Waals surface area contributed by atoms with Crippen molar-refractivity contribution < 1.29 is 18.0 Å². The number of anilines is 1. The second-order valence-electron chi connectivity index (χ2n) is 5.83. The highest BCUT2D eigenvalue weighted by Gasteiger charge is 2.18. The Bertz CT molecular complexity index is 914. The molecule has 2 amide bonds. The van der Waals surface area contributed by atoms with Gasteiger partial charge in [0.05, 0.1) is 28.1 Å². The predicted molar refractivity (Wildman–Crippen MR) is 101 cm³/mol. The fourth-order valence-corrected chi connectivity index (χ4v) is 3.21. The molecule has 6 nitrogen and oxygen atoms in total. The molecule has 0 heterocycles. The molecule has 2 aromatic rings. The molecule has 0 aliphatic rings. The standard InChI is InChI=1S/C18H19ClN2O4S/c1-12(22)20-16(13-6-4-3-5-7-13)11-18(23)21-17-10-14(26(2,24)25)8-9-15(17)19/h3-10,16H,11H2,1-2H3,(H,20,22)(H,21,23). The molecule has 0 aliphatic heterocycles. The van der Waals surface area contributed by atoms with Gasteiger partial charge in [0.25, 0.3) is 0 Å². The van der Waals surface area contributed by atoms with Gasteiger partial charge >= 0.3 is 0 Å². The SMILES string of the molecule is CC(=O)NC(CC(=O)Nc1cc(S(C)(=O)=O)ccc1Cl)c1ccccc1. The summed E-state index contributed by atoms with van der Waals surface area (Å²) in [5.74, 6) is -0.663. The van der Waals surface area contributed by atoms with Crippen LogP contribution in [-0.2, 0) is 19.4 Å². The molecule has 1 unspecified atom stereocenters. The summed E-state index contributed by atoms with van der Waals surface area (Å²) in [6.45, 7) is 1.38. The van der Waals surface area contributed by atoms with E-state index in [-0.39, 0.29) is 27.9 Å². The van der Waals surface area contributed by atoms with E-state index in [0.717, 1.165) is 11.8 Å². The van der Waals surface area contributed by atoms with E-state index in [9.17, 15) is 18.0 Å². The lowest BCUT2D eigenvalue weighted by molar-refractivity contribution is -0.120. The summed E-state index contributed by atoms with van der Waals surface area (Å²) >= 11 is 6.05. The Morgan fingerprint density at radius 1 is 1.12 bits per heavy atom. The summed E-state index contributed by atoms with van der Waals surface area (Å²) in [4.78, 5) is 23.9. The second-order valence-corrected chi connectivity index (χ2v) is 8.25. The van der Waals surface area contributed by atoms with Crippen LogP contribution in [0.15, 0.2) is 53.4 Å². The largest absolute Gasteiger partial charge is 0.349 e. The molecule has 0 radical (unpaired) electrons. The molecular formula is C18H19ClN2O4S. The highest BCUT2D eigenvalue weighted by molar-refractivity contribution is 7.90. The molecule has 0 saturated heterocycles. The van der Waals surface area contributed by atoms with Crippen LogP contribution >= 0.6 is 11.6 Å². The quantitative estimate of drug-likeness (QED) is 0.787. The first kappa shape index (κ1) is 19.9. The third-order valence-corrected chi connectivity index (χ3v) is 5.05. The summed E-state index contributed by atoms with van der Waals surface area (Å²) in [5, 5.41) is 5.57. The van der Waals surface area contributed by atoms with Gasteiger partial charge < -0.3 is 10.6 Å². The van der Waals surface area contributed by atoms with Crippen molar-refractivity contribution in [2.24, 2.45) is 0 Å². The lowest BCUT2D eigenvalue weighted by atomic mass is 10.0. The number of benzene rings is 2. The maximum Gasteiger partial charge on any atom is 0.226 e. The molecule has 0 fully saturated rings. The van der Waals surface area contributed by atoms with Crippen LogP contribution in [-0.4, -0.2) is 26.5 Å². The van der Waals surface area contributed by atoms with Gasteiger partial charge in [-0.05, 0) is 23.8 Å². The molecular weight excluding hydrogens is 376 g/mol. The summed E-state index contributed by atoms with van der Waals surface area (Å²) in [7, 11) is -3.43. The molecule has 26 heavy (non-hydrogen) atoms. The van der Waals surface area contributed by atoms with Crippen molar-refractivity contribution >= 4 is 38.9 Å². The van der Waals surface area contributed by atoms with Gasteiger partial charge in [-0.2, -0.15) is 0 Å². The lowest BCUT2D eigenvalue weighted by Gasteiger charge is -2.18. The van der Waals surface area contributed by atoms with Crippen LogP contribution in [0.25, 0.3) is 0 Å². The van der Waals surface area contributed by atoms with Crippen molar-refractivity contribution in [3.8, 4) is 0 Å². The highest BCUT2D eigenvalue weighted by atomic mass is 35.5. The van der Waals surface area contributed by atoms with Crippen LogP contribution < -0.4 is 10.6 Å². The molecule has 2 aromatic carbocycles. The van der Waals surface area contributed by atoms with Crippen LogP contribution in [0.4, 0.5) is 5.69 Å². The first-order valence-corrected chi connectivity index (χ1v) is 10.1.